The summed E-state index contributed by atoms with van der Waals surface area (Å²) >= 11 is 12.3. The zero-order chi connectivity index (χ0) is 23.5. The SMILES string of the molecule is CC.CC(Oc1cc(-c2cnn(C3(O)CCNC3)c2)cnc1N)c1c(Cl)ccc(F)c1Cl. The second-order valence-electron chi connectivity index (χ2n) is 7.21. The van der Waals surface area contributed by atoms with E-state index in [4.69, 9.17) is 33.7 Å². The predicted octanol–water partition coefficient (Wildman–Crippen LogP) is 4.78. The molecule has 2 aromatic heterocycles. The monoisotopic (exact) mass is 481 g/mol. The molecule has 3 heterocycles. The van der Waals surface area contributed by atoms with Crippen molar-refractivity contribution in [3.05, 3.63) is 58.2 Å². The first-order chi connectivity index (χ1) is 15.3. The van der Waals surface area contributed by atoms with E-state index < -0.39 is 17.6 Å². The number of aliphatic hydroxyl groups is 1. The van der Waals surface area contributed by atoms with E-state index in [9.17, 15) is 9.50 Å². The maximum Gasteiger partial charge on any atom is 0.171 e. The van der Waals surface area contributed by atoms with Crippen LogP contribution in [-0.2, 0) is 5.72 Å². The van der Waals surface area contributed by atoms with E-state index in [2.05, 4.69) is 15.4 Å². The van der Waals surface area contributed by atoms with Crippen LogP contribution in [0.25, 0.3) is 11.1 Å². The molecule has 0 aliphatic carbocycles. The number of aromatic nitrogens is 3. The highest BCUT2D eigenvalue weighted by atomic mass is 35.5. The van der Waals surface area contributed by atoms with Crippen LogP contribution in [0.15, 0.2) is 36.8 Å². The van der Waals surface area contributed by atoms with Gasteiger partial charge in [-0.2, -0.15) is 5.10 Å². The van der Waals surface area contributed by atoms with Gasteiger partial charge < -0.3 is 20.9 Å². The topological polar surface area (TPSA) is 98.2 Å². The fraction of sp³-hybridized carbons (Fsp3) is 0.364. The summed E-state index contributed by atoms with van der Waals surface area (Å²) in [6, 6.07) is 4.33. The Kier molecular flexibility index (Phi) is 7.61. The highest BCUT2D eigenvalue weighted by Gasteiger charge is 2.33. The van der Waals surface area contributed by atoms with Crippen molar-refractivity contribution < 1.29 is 14.2 Å². The van der Waals surface area contributed by atoms with Gasteiger partial charge in [0.05, 0.1) is 11.2 Å². The van der Waals surface area contributed by atoms with Gasteiger partial charge in [0.2, 0.25) is 0 Å². The van der Waals surface area contributed by atoms with Gasteiger partial charge in [0.25, 0.3) is 0 Å². The Bertz CT molecular complexity index is 1090. The lowest BCUT2D eigenvalue weighted by Crippen LogP contribution is -2.35. The summed E-state index contributed by atoms with van der Waals surface area (Å²) in [5, 5.41) is 18.3. The summed E-state index contributed by atoms with van der Waals surface area (Å²) in [4.78, 5) is 4.19. The smallest absolute Gasteiger partial charge is 0.171 e. The van der Waals surface area contributed by atoms with E-state index in [1.165, 1.54) is 16.8 Å². The third kappa shape index (κ3) is 4.83. The molecular weight excluding hydrogens is 456 g/mol. The van der Waals surface area contributed by atoms with Gasteiger partial charge in [-0.15, -0.1) is 0 Å². The van der Waals surface area contributed by atoms with Crippen molar-refractivity contribution in [1.29, 1.82) is 0 Å². The number of halogens is 3. The van der Waals surface area contributed by atoms with Gasteiger partial charge in [-0.1, -0.05) is 37.0 Å². The van der Waals surface area contributed by atoms with Crippen LogP contribution in [0.4, 0.5) is 10.2 Å². The van der Waals surface area contributed by atoms with Crippen molar-refractivity contribution >= 4 is 29.0 Å². The normalized spacial score (nSPS) is 18.7. The van der Waals surface area contributed by atoms with Crippen LogP contribution >= 0.6 is 23.2 Å². The molecule has 1 saturated heterocycles. The Labute approximate surface area is 196 Å². The number of nitrogens with zero attached hydrogens (tertiary/aromatic N) is 3. The number of nitrogens with one attached hydrogen (secondary N) is 1. The molecule has 0 radical (unpaired) electrons. The summed E-state index contributed by atoms with van der Waals surface area (Å²) in [7, 11) is 0. The molecule has 3 aromatic rings. The molecule has 4 rings (SSSR count). The molecule has 0 saturated carbocycles. The fourth-order valence-corrected chi connectivity index (χ4v) is 4.11. The van der Waals surface area contributed by atoms with Crippen LogP contribution in [0.3, 0.4) is 0 Å². The van der Waals surface area contributed by atoms with E-state index >= 15 is 0 Å². The Hall–Kier alpha value is -2.39. The Morgan fingerprint density at radius 1 is 1.28 bits per heavy atom. The Balaban J connectivity index is 0.00000141. The number of nitrogen functional groups attached to an aromatic ring is 1. The zero-order valence-corrected chi connectivity index (χ0v) is 19.6. The van der Waals surface area contributed by atoms with Crippen LogP contribution in [0.2, 0.25) is 10.0 Å². The molecule has 0 bridgehead atoms. The van der Waals surface area contributed by atoms with E-state index in [-0.39, 0.29) is 15.9 Å². The number of anilines is 1. The molecule has 4 N–H and O–H groups in total. The first-order valence-corrected chi connectivity index (χ1v) is 11.1. The quantitative estimate of drug-likeness (QED) is 0.453. The van der Waals surface area contributed by atoms with Crippen molar-refractivity contribution in [1.82, 2.24) is 20.1 Å². The van der Waals surface area contributed by atoms with Gasteiger partial charge in [0.15, 0.2) is 17.3 Å². The number of ether oxygens (including phenoxy) is 1. The summed E-state index contributed by atoms with van der Waals surface area (Å²) < 4.78 is 21.3. The zero-order valence-electron chi connectivity index (χ0n) is 18.1. The molecule has 7 nitrogen and oxygen atoms in total. The fourth-order valence-electron chi connectivity index (χ4n) is 3.43. The van der Waals surface area contributed by atoms with Crippen LogP contribution in [0, 0.1) is 5.82 Å². The average Bonchev–Trinajstić information content (AvgIpc) is 3.45. The molecule has 32 heavy (non-hydrogen) atoms. The highest BCUT2D eigenvalue weighted by molar-refractivity contribution is 6.36. The first-order valence-electron chi connectivity index (χ1n) is 10.3. The lowest BCUT2D eigenvalue weighted by atomic mass is 10.1. The average molecular weight is 482 g/mol. The number of pyridine rings is 1. The lowest BCUT2D eigenvalue weighted by Gasteiger charge is -2.21. The van der Waals surface area contributed by atoms with Gasteiger partial charge in [0.1, 0.15) is 11.9 Å². The Morgan fingerprint density at radius 3 is 2.72 bits per heavy atom. The molecule has 2 atom stereocenters. The number of benzene rings is 1. The van der Waals surface area contributed by atoms with Gasteiger partial charge in [0, 0.05) is 53.6 Å². The predicted molar refractivity (Wildman–Crippen MR) is 124 cm³/mol. The molecule has 1 fully saturated rings. The first kappa shape index (κ1) is 24.3. The van der Waals surface area contributed by atoms with Gasteiger partial charge >= 0.3 is 0 Å². The van der Waals surface area contributed by atoms with Crippen molar-refractivity contribution in [3.63, 3.8) is 0 Å². The maximum atomic E-state index is 13.9. The van der Waals surface area contributed by atoms with Crippen molar-refractivity contribution in [2.24, 2.45) is 0 Å². The minimum absolute atomic E-state index is 0.0996. The van der Waals surface area contributed by atoms with Crippen LogP contribution in [0.1, 0.15) is 38.9 Å². The Morgan fingerprint density at radius 2 is 2.03 bits per heavy atom. The second kappa shape index (κ2) is 10.0. The second-order valence-corrected chi connectivity index (χ2v) is 7.99. The standard InChI is InChI=1S/C20H20Cl2FN5O2.C2H6/c1-11(17-14(21)2-3-15(23)18(17)22)30-16-6-12(7-26-19(16)24)13-8-27-28(9-13)20(29)4-5-25-10-20;1-2/h2-3,6-9,11,25,29H,4-5,10H2,1H3,(H2,24,26);1-2H3. The largest absolute Gasteiger partial charge is 0.482 e. The molecule has 0 amide bonds. The van der Waals surface area contributed by atoms with Crippen molar-refractivity contribution in [2.75, 3.05) is 18.8 Å². The lowest BCUT2D eigenvalue weighted by molar-refractivity contribution is -0.0283. The number of hydrogen-bond donors (Lipinski definition) is 3. The molecule has 1 aliphatic rings. The third-order valence-corrected chi connectivity index (χ3v) is 5.84. The minimum atomic E-state index is -1.06. The molecule has 1 aromatic carbocycles. The van der Waals surface area contributed by atoms with Crippen LogP contribution in [0.5, 0.6) is 5.75 Å². The van der Waals surface area contributed by atoms with Gasteiger partial charge in [-0.3, -0.25) is 0 Å². The summed E-state index contributed by atoms with van der Waals surface area (Å²) in [6.07, 6.45) is 4.86. The summed E-state index contributed by atoms with van der Waals surface area (Å²) in [5.41, 5.74) is 6.68. The van der Waals surface area contributed by atoms with Gasteiger partial charge in [-0.05, 0) is 25.1 Å². The van der Waals surface area contributed by atoms with E-state index in [1.807, 2.05) is 13.8 Å². The number of nitrogens with two attached hydrogens (primary N) is 1. The molecular formula is C22H26Cl2FN5O2. The third-order valence-electron chi connectivity index (χ3n) is 5.12. The summed E-state index contributed by atoms with van der Waals surface area (Å²) in [5.74, 6) is -0.122. The van der Waals surface area contributed by atoms with E-state index in [0.29, 0.717) is 29.8 Å². The van der Waals surface area contributed by atoms with Crippen molar-refractivity contribution in [3.8, 4) is 16.9 Å². The van der Waals surface area contributed by atoms with Crippen molar-refractivity contribution in [2.45, 2.75) is 39.0 Å². The van der Waals surface area contributed by atoms with E-state index in [1.54, 1.807) is 31.6 Å². The summed E-state index contributed by atoms with van der Waals surface area (Å²) in [6.45, 7) is 6.84. The molecule has 172 valence electrons. The number of rotatable bonds is 5. The number of β-amino-alcohol motifs (C(OH)–C–C–N with tert-alkyl or cyclic N) is 1. The molecule has 0 spiro atoms. The molecule has 1 aliphatic heterocycles. The minimum Gasteiger partial charge on any atom is -0.482 e. The maximum absolute atomic E-state index is 13.9. The molecule has 10 heteroatoms. The van der Waals surface area contributed by atoms with E-state index in [0.717, 1.165) is 12.1 Å². The molecule has 2 unspecified atom stereocenters. The van der Waals surface area contributed by atoms with Gasteiger partial charge in [-0.25, -0.2) is 14.1 Å². The highest BCUT2D eigenvalue weighted by Crippen LogP contribution is 2.37. The van der Waals surface area contributed by atoms with Crippen LogP contribution < -0.4 is 15.8 Å². The van der Waals surface area contributed by atoms with Crippen LogP contribution in [-0.4, -0.2) is 33.0 Å². The number of hydrogen-bond acceptors (Lipinski definition) is 6.